The molecule has 0 radical (unpaired) electrons. The van der Waals surface area contributed by atoms with Gasteiger partial charge in [-0.3, -0.25) is 9.52 Å². The van der Waals surface area contributed by atoms with E-state index < -0.39 is 26.0 Å². The van der Waals surface area contributed by atoms with Gasteiger partial charge in [0.2, 0.25) is 15.9 Å². The maximum atomic E-state index is 13.0. The molecule has 214 valence electrons. The molecule has 1 aliphatic rings. The number of hydrogen-bond donors (Lipinski definition) is 2. The van der Waals surface area contributed by atoms with Crippen LogP contribution in [-0.2, 0) is 30.6 Å². The van der Waals surface area contributed by atoms with Gasteiger partial charge in [-0.05, 0) is 86.0 Å². The molecule has 4 rings (SSSR count). The minimum absolute atomic E-state index is 0.0246. The fourth-order valence-corrected chi connectivity index (χ4v) is 7.28. The van der Waals surface area contributed by atoms with Crippen LogP contribution in [0.5, 0.6) is 5.75 Å². The number of halogens is 2. The van der Waals surface area contributed by atoms with E-state index >= 15 is 0 Å². The molecule has 0 spiro atoms. The summed E-state index contributed by atoms with van der Waals surface area (Å²) in [6, 6.07) is 17.0. The van der Waals surface area contributed by atoms with Crippen LogP contribution >= 0.6 is 23.2 Å². The maximum Gasteiger partial charge on any atom is 0.261 e. The summed E-state index contributed by atoms with van der Waals surface area (Å²) in [4.78, 5) is 13.0. The Morgan fingerprint density at radius 1 is 0.950 bits per heavy atom. The smallest absolute Gasteiger partial charge is 0.261 e. The summed E-state index contributed by atoms with van der Waals surface area (Å²) in [5.74, 6) is -0.505. The Kier molecular flexibility index (Phi) is 9.63. The number of ether oxygens (including phenoxy) is 1. The van der Waals surface area contributed by atoms with Crippen LogP contribution in [0.1, 0.15) is 25.3 Å². The summed E-state index contributed by atoms with van der Waals surface area (Å²) in [5.41, 5.74) is 1.30. The van der Waals surface area contributed by atoms with Gasteiger partial charge in [0.15, 0.2) is 0 Å². The topological polar surface area (TPSA) is 122 Å². The number of nitrogens with zero attached hydrogens (tertiary/aromatic N) is 1. The number of hydrogen-bond acceptors (Lipinski definition) is 6. The van der Waals surface area contributed by atoms with Crippen molar-refractivity contribution in [2.24, 2.45) is 5.92 Å². The summed E-state index contributed by atoms with van der Waals surface area (Å²) in [6.07, 6.45) is 1.07. The fourth-order valence-electron chi connectivity index (χ4n) is 4.30. The van der Waals surface area contributed by atoms with E-state index in [1.54, 1.807) is 36.4 Å². The summed E-state index contributed by atoms with van der Waals surface area (Å²) in [6.45, 7) is 2.74. The standard InChI is InChI=1S/C27H29Cl2N3O6S2/c1-2-38-23-10-6-22(7-11-23)31-40(36,37)24-12-8-21(9-13-24)30-27(33)20-4-3-15-32(17-20)39(34,35)18-19-5-14-25(28)26(29)16-19/h5-14,16,20,31H,2-4,15,17-18H2,1H3,(H,30,33)/t20-/m1/s1. The van der Waals surface area contributed by atoms with E-state index in [-0.39, 0.29) is 28.1 Å². The lowest BCUT2D eigenvalue weighted by Crippen LogP contribution is -2.44. The normalized spacial score (nSPS) is 16.3. The van der Waals surface area contributed by atoms with Crippen molar-refractivity contribution in [2.75, 3.05) is 29.7 Å². The first-order valence-corrected chi connectivity index (χ1v) is 16.4. The van der Waals surface area contributed by atoms with Crippen LogP contribution in [0, 0.1) is 5.92 Å². The van der Waals surface area contributed by atoms with Crippen molar-refractivity contribution in [2.45, 2.75) is 30.4 Å². The molecule has 1 fully saturated rings. The Labute approximate surface area is 244 Å². The number of piperidine rings is 1. The molecule has 1 heterocycles. The monoisotopic (exact) mass is 625 g/mol. The molecule has 9 nitrogen and oxygen atoms in total. The van der Waals surface area contributed by atoms with E-state index in [2.05, 4.69) is 10.0 Å². The minimum atomic E-state index is -3.85. The van der Waals surface area contributed by atoms with Gasteiger partial charge in [0.25, 0.3) is 10.0 Å². The molecule has 1 amide bonds. The van der Waals surface area contributed by atoms with Gasteiger partial charge in [0.1, 0.15) is 5.75 Å². The van der Waals surface area contributed by atoms with E-state index in [4.69, 9.17) is 27.9 Å². The molecule has 1 saturated heterocycles. The lowest BCUT2D eigenvalue weighted by atomic mass is 9.99. The van der Waals surface area contributed by atoms with Gasteiger partial charge >= 0.3 is 0 Å². The molecule has 40 heavy (non-hydrogen) atoms. The zero-order valence-electron chi connectivity index (χ0n) is 21.6. The molecule has 3 aromatic carbocycles. The van der Waals surface area contributed by atoms with Gasteiger partial charge in [-0.2, -0.15) is 0 Å². The van der Waals surface area contributed by atoms with Crippen molar-refractivity contribution in [3.05, 3.63) is 82.3 Å². The SMILES string of the molecule is CCOc1ccc(NS(=O)(=O)c2ccc(NC(=O)[C@@H]3CCCN(S(=O)(=O)Cc4ccc(Cl)c(Cl)c4)C3)cc2)cc1. The average Bonchev–Trinajstić information content (AvgIpc) is 2.92. The van der Waals surface area contributed by atoms with Crippen LogP contribution in [-0.4, -0.2) is 46.7 Å². The number of rotatable bonds is 10. The number of anilines is 2. The van der Waals surface area contributed by atoms with E-state index in [0.29, 0.717) is 53.7 Å². The lowest BCUT2D eigenvalue weighted by Gasteiger charge is -2.31. The second-order valence-electron chi connectivity index (χ2n) is 9.28. The molecule has 0 saturated carbocycles. The second kappa shape index (κ2) is 12.8. The first kappa shape index (κ1) is 30.1. The van der Waals surface area contributed by atoms with Gasteiger partial charge in [0.05, 0.1) is 33.2 Å². The third-order valence-electron chi connectivity index (χ3n) is 6.33. The maximum absolute atomic E-state index is 13.0. The summed E-state index contributed by atoms with van der Waals surface area (Å²) >= 11 is 11.9. The molecular formula is C27H29Cl2N3O6S2. The molecule has 3 aromatic rings. The number of sulfonamides is 2. The van der Waals surface area contributed by atoms with Crippen molar-refractivity contribution < 1.29 is 26.4 Å². The van der Waals surface area contributed by atoms with Gasteiger partial charge in [-0.25, -0.2) is 21.1 Å². The highest BCUT2D eigenvalue weighted by Crippen LogP contribution is 2.27. The summed E-state index contributed by atoms with van der Waals surface area (Å²) in [7, 11) is -7.54. The number of benzene rings is 3. The zero-order valence-corrected chi connectivity index (χ0v) is 24.8. The van der Waals surface area contributed by atoms with Crippen LogP contribution in [0.2, 0.25) is 10.0 Å². The first-order valence-electron chi connectivity index (χ1n) is 12.6. The van der Waals surface area contributed by atoms with Crippen molar-refractivity contribution in [3.63, 3.8) is 0 Å². The molecular weight excluding hydrogens is 597 g/mol. The molecule has 13 heteroatoms. The fraction of sp³-hybridized carbons (Fsp3) is 0.296. The van der Waals surface area contributed by atoms with E-state index in [9.17, 15) is 21.6 Å². The van der Waals surface area contributed by atoms with Crippen LogP contribution in [0.15, 0.2) is 71.6 Å². The second-order valence-corrected chi connectivity index (χ2v) is 13.7. The van der Waals surface area contributed by atoms with Crippen molar-refractivity contribution >= 4 is 60.5 Å². The zero-order chi connectivity index (χ0) is 28.9. The van der Waals surface area contributed by atoms with Gasteiger partial charge in [-0.15, -0.1) is 0 Å². The molecule has 1 aliphatic heterocycles. The molecule has 0 aliphatic carbocycles. The minimum Gasteiger partial charge on any atom is -0.494 e. The van der Waals surface area contributed by atoms with Crippen molar-refractivity contribution in [1.29, 1.82) is 0 Å². The number of carbonyl (C=O) groups is 1. The van der Waals surface area contributed by atoms with Gasteiger partial charge in [-0.1, -0.05) is 29.3 Å². The Morgan fingerprint density at radius 2 is 1.62 bits per heavy atom. The Bertz CT molecular complexity index is 1560. The number of nitrogens with one attached hydrogen (secondary N) is 2. The van der Waals surface area contributed by atoms with Gasteiger partial charge in [0, 0.05) is 24.5 Å². The van der Waals surface area contributed by atoms with Crippen LogP contribution in [0.25, 0.3) is 0 Å². The van der Waals surface area contributed by atoms with E-state index in [1.165, 1.54) is 34.6 Å². The van der Waals surface area contributed by atoms with Gasteiger partial charge < -0.3 is 10.1 Å². The van der Waals surface area contributed by atoms with Crippen LogP contribution < -0.4 is 14.8 Å². The summed E-state index contributed by atoms with van der Waals surface area (Å²) < 4.78 is 60.8. The molecule has 2 N–H and O–H groups in total. The largest absolute Gasteiger partial charge is 0.494 e. The average molecular weight is 627 g/mol. The lowest BCUT2D eigenvalue weighted by molar-refractivity contribution is -0.120. The highest BCUT2D eigenvalue weighted by atomic mass is 35.5. The predicted octanol–water partition coefficient (Wildman–Crippen LogP) is 5.37. The van der Waals surface area contributed by atoms with Crippen LogP contribution in [0.3, 0.4) is 0 Å². The third-order valence-corrected chi connectivity index (χ3v) is 10.3. The highest BCUT2D eigenvalue weighted by molar-refractivity contribution is 7.92. The van der Waals surface area contributed by atoms with Crippen molar-refractivity contribution in [3.8, 4) is 5.75 Å². The number of amides is 1. The Hall–Kier alpha value is -2.83. The van der Waals surface area contributed by atoms with Crippen LogP contribution in [0.4, 0.5) is 11.4 Å². The highest BCUT2D eigenvalue weighted by Gasteiger charge is 2.32. The Morgan fingerprint density at radius 3 is 2.27 bits per heavy atom. The quantitative estimate of drug-likeness (QED) is 0.312. The Balaban J connectivity index is 1.36. The molecule has 0 aromatic heterocycles. The predicted molar refractivity (Wildman–Crippen MR) is 157 cm³/mol. The molecule has 0 unspecified atom stereocenters. The van der Waals surface area contributed by atoms with E-state index in [0.717, 1.165) is 0 Å². The number of carbonyl (C=O) groups excluding carboxylic acids is 1. The molecule has 1 atom stereocenters. The van der Waals surface area contributed by atoms with E-state index in [1.807, 2.05) is 6.92 Å². The summed E-state index contributed by atoms with van der Waals surface area (Å²) in [5, 5.41) is 3.39. The molecule has 0 bridgehead atoms. The first-order chi connectivity index (χ1) is 19.0. The van der Waals surface area contributed by atoms with Crippen molar-refractivity contribution in [1.82, 2.24) is 4.31 Å². The third kappa shape index (κ3) is 7.67.